The van der Waals surface area contributed by atoms with Crippen molar-refractivity contribution in [2.75, 3.05) is 20.1 Å². The summed E-state index contributed by atoms with van der Waals surface area (Å²) >= 11 is 0. The third-order valence-electron chi connectivity index (χ3n) is 2.79. The Kier molecular flexibility index (Phi) is 2.73. The van der Waals surface area contributed by atoms with Gasteiger partial charge >= 0.3 is 0 Å². The third-order valence-corrected chi connectivity index (χ3v) is 2.79. The molecule has 2 heterocycles. The molecule has 1 amide bonds. The van der Waals surface area contributed by atoms with E-state index in [-0.39, 0.29) is 5.91 Å². The maximum absolute atomic E-state index is 11.8. The summed E-state index contributed by atoms with van der Waals surface area (Å²) in [5.41, 5.74) is 1.81. The predicted octanol–water partition coefficient (Wildman–Crippen LogP) is -0.309. The maximum atomic E-state index is 11.8. The van der Waals surface area contributed by atoms with E-state index in [0.717, 1.165) is 24.5 Å². The van der Waals surface area contributed by atoms with Crippen molar-refractivity contribution in [2.24, 2.45) is 0 Å². The van der Waals surface area contributed by atoms with E-state index in [2.05, 4.69) is 15.5 Å². The van der Waals surface area contributed by atoms with Gasteiger partial charge in [0.2, 0.25) is 5.91 Å². The van der Waals surface area contributed by atoms with Crippen LogP contribution in [0.25, 0.3) is 0 Å². The summed E-state index contributed by atoms with van der Waals surface area (Å²) in [6.45, 7) is 3.74. The fraction of sp³-hybridized carbons (Fsp3) is 0.600. The molecule has 0 aromatic carbocycles. The molecular formula is C10H16N4O. The maximum Gasteiger partial charge on any atom is 0.228 e. The second kappa shape index (κ2) is 4.02. The van der Waals surface area contributed by atoms with Gasteiger partial charge < -0.3 is 10.2 Å². The van der Waals surface area contributed by atoms with Crippen LogP contribution in [0.15, 0.2) is 6.07 Å². The molecule has 82 valence electrons. The SMILES string of the molecule is Cc1cc(CC(=O)N(C)C2CNC2)n[nH]1. The first-order valence-corrected chi connectivity index (χ1v) is 5.14. The average molecular weight is 208 g/mol. The molecule has 15 heavy (non-hydrogen) atoms. The van der Waals surface area contributed by atoms with Gasteiger partial charge in [0.05, 0.1) is 18.2 Å². The number of hydrogen-bond acceptors (Lipinski definition) is 3. The van der Waals surface area contributed by atoms with Gasteiger partial charge in [-0.05, 0) is 13.0 Å². The van der Waals surface area contributed by atoms with Gasteiger partial charge in [-0.25, -0.2) is 0 Å². The molecule has 0 unspecified atom stereocenters. The summed E-state index contributed by atoms with van der Waals surface area (Å²) in [6.07, 6.45) is 0.386. The number of carbonyl (C=O) groups is 1. The number of hydrogen-bond donors (Lipinski definition) is 2. The van der Waals surface area contributed by atoms with E-state index in [0.29, 0.717) is 12.5 Å². The number of aromatic nitrogens is 2. The van der Waals surface area contributed by atoms with Crippen molar-refractivity contribution >= 4 is 5.91 Å². The number of carbonyl (C=O) groups excluding carboxylic acids is 1. The highest BCUT2D eigenvalue weighted by Gasteiger charge is 2.25. The van der Waals surface area contributed by atoms with E-state index in [1.54, 1.807) is 4.90 Å². The molecule has 0 saturated carbocycles. The van der Waals surface area contributed by atoms with E-state index >= 15 is 0 Å². The van der Waals surface area contributed by atoms with Gasteiger partial charge in [0, 0.05) is 25.8 Å². The van der Waals surface area contributed by atoms with Crippen molar-refractivity contribution in [3.05, 3.63) is 17.5 Å². The molecule has 1 aromatic rings. The Morgan fingerprint density at radius 3 is 2.87 bits per heavy atom. The summed E-state index contributed by atoms with van der Waals surface area (Å²) in [7, 11) is 1.85. The lowest BCUT2D eigenvalue weighted by molar-refractivity contribution is -0.132. The van der Waals surface area contributed by atoms with Crippen LogP contribution in [0.5, 0.6) is 0 Å². The Morgan fingerprint density at radius 2 is 2.40 bits per heavy atom. The van der Waals surface area contributed by atoms with Crippen molar-refractivity contribution in [3.8, 4) is 0 Å². The van der Waals surface area contributed by atoms with E-state index in [9.17, 15) is 4.79 Å². The summed E-state index contributed by atoms with van der Waals surface area (Å²) in [5, 5.41) is 10.0. The fourth-order valence-corrected chi connectivity index (χ4v) is 1.60. The molecule has 5 nitrogen and oxygen atoms in total. The lowest BCUT2D eigenvalue weighted by Gasteiger charge is -2.35. The molecule has 0 aliphatic carbocycles. The zero-order valence-corrected chi connectivity index (χ0v) is 9.08. The Labute approximate surface area is 88.8 Å². The van der Waals surface area contributed by atoms with E-state index < -0.39 is 0 Å². The van der Waals surface area contributed by atoms with Gasteiger partial charge in [0.1, 0.15) is 0 Å². The molecule has 1 saturated heterocycles. The number of nitrogens with one attached hydrogen (secondary N) is 2. The lowest BCUT2D eigenvalue weighted by Crippen LogP contribution is -2.57. The highest BCUT2D eigenvalue weighted by molar-refractivity contribution is 5.78. The Balaban J connectivity index is 1.91. The largest absolute Gasteiger partial charge is 0.340 e. The van der Waals surface area contributed by atoms with Gasteiger partial charge in [-0.15, -0.1) is 0 Å². The summed E-state index contributed by atoms with van der Waals surface area (Å²) in [5.74, 6) is 0.132. The second-order valence-corrected chi connectivity index (χ2v) is 4.04. The highest BCUT2D eigenvalue weighted by Crippen LogP contribution is 2.06. The normalized spacial score (nSPS) is 16.1. The summed E-state index contributed by atoms with van der Waals surface area (Å²) in [4.78, 5) is 13.6. The quantitative estimate of drug-likeness (QED) is 0.716. The van der Waals surface area contributed by atoms with Crippen LogP contribution in [0.3, 0.4) is 0 Å². The average Bonchev–Trinajstić information content (AvgIpc) is 2.48. The lowest BCUT2D eigenvalue weighted by atomic mass is 10.1. The van der Waals surface area contributed by atoms with Gasteiger partial charge in [0.25, 0.3) is 0 Å². The van der Waals surface area contributed by atoms with Crippen LogP contribution in [0.2, 0.25) is 0 Å². The minimum Gasteiger partial charge on any atom is -0.340 e. The Bertz CT molecular complexity index is 356. The van der Waals surface area contributed by atoms with Crippen LogP contribution in [-0.2, 0) is 11.2 Å². The first-order chi connectivity index (χ1) is 7.16. The molecule has 1 fully saturated rings. The molecule has 0 spiro atoms. The van der Waals surface area contributed by atoms with Gasteiger partial charge in [-0.2, -0.15) is 5.10 Å². The Hall–Kier alpha value is -1.36. The number of aryl methyl sites for hydroxylation is 1. The van der Waals surface area contributed by atoms with Crippen LogP contribution in [0.1, 0.15) is 11.4 Å². The van der Waals surface area contributed by atoms with Crippen LogP contribution >= 0.6 is 0 Å². The first-order valence-electron chi connectivity index (χ1n) is 5.14. The number of nitrogens with zero attached hydrogens (tertiary/aromatic N) is 2. The fourth-order valence-electron chi connectivity index (χ4n) is 1.60. The smallest absolute Gasteiger partial charge is 0.228 e. The monoisotopic (exact) mass is 208 g/mol. The second-order valence-electron chi connectivity index (χ2n) is 4.04. The van der Waals surface area contributed by atoms with Gasteiger partial charge in [0.15, 0.2) is 0 Å². The summed E-state index contributed by atoms with van der Waals surface area (Å²) in [6, 6.07) is 2.27. The van der Waals surface area contributed by atoms with Crippen molar-refractivity contribution in [3.63, 3.8) is 0 Å². The van der Waals surface area contributed by atoms with Crippen LogP contribution < -0.4 is 5.32 Å². The van der Waals surface area contributed by atoms with E-state index in [1.165, 1.54) is 0 Å². The zero-order valence-electron chi connectivity index (χ0n) is 9.08. The van der Waals surface area contributed by atoms with E-state index in [1.807, 2.05) is 20.0 Å². The third kappa shape index (κ3) is 2.18. The summed E-state index contributed by atoms with van der Waals surface area (Å²) < 4.78 is 0. The van der Waals surface area contributed by atoms with Crippen molar-refractivity contribution in [2.45, 2.75) is 19.4 Å². The predicted molar refractivity (Wildman–Crippen MR) is 56.5 cm³/mol. The molecule has 0 radical (unpaired) electrons. The first kappa shape index (κ1) is 10.2. The van der Waals surface area contributed by atoms with Crippen LogP contribution in [-0.4, -0.2) is 47.2 Å². The Morgan fingerprint density at radius 1 is 1.67 bits per heavy atom. The molecule has 5 heteroatoms. The molecule has 1 aliphatic rings. The van der Waals surface area contributed by atoms with Crippen molar-refractivity contribution in [1.29, 1.82) is 0 Å². The van der Waals surface area contributed by atoms with Gasteiger partial charge in [-0.1, -0.05) is 0 Å². The number of amides is 1. The molecule has 0 atom stereocenters. The topological polar surface area (TPSA) is 61.0 Å². The van der Waals surface area contributed by atoms with E-state index in [4.69, 9.17) is 0 Å². The van der Waals surface area contributed by atoms with Gasteiger partial charge in [-0.3, -0.25) is 9.89 Å². The number of likely N-dealkylation sites (N-methyl/N-ethyl adjacent to an activating group) is 1. The number of H-pyrrole nitrogens is 1. The molecule has 2 rings (SSSR count). The van der Waals surface area contributed by atoms with Crippen LogP contribution in [0.4, 0.5) is 0 Å². The van der Waals surface area contributed by atoms with Crippen LogP contribution in [0, 0.1) is 6.92 Å². The minimum atomic E-state index is 0.132. The minimum absolute atomic E-state index is 0.132. The number of rotatable bonds is 3. The van der Waals surface area contributed by atoms with Crippen molar-refractivity contribution in [1.82, 2.24) is 20.4 Å². The zero-order chi connectivity index (χ0) is 10.8. The molecule has 1 aliphatic heterocycles. The molecular weight excluding hydrogens is 192 g/mol. The standard InChI is InChI=1S/C10H16N4O/c1-7-3-8(13-12-7)4-10(15)14(2)9-5-11-6-9/h3,9,11H,4-6H2,1-2H3,(H,12,13). The molecule has 2 N–H and O–H groups in total. The molecule has 0 bridgehead atoms. The number of aromatic amines is 1. The van der Waals surface area contributed by atoms with Crippen molar-refractivity contribution < 1.29 is 4.79 Å². The highest BCUT2D eigenvalue weighted by atomic mass is 16.2. The molecule has 1 aromatic heterocycles.